The molecule has 0 fully saturated rings. The first-order valence-electron chi connectivity index (χ1n) is 7.69. The number of hydrogen-bond acceptors (Lipinski definition) is 2. The number of hydrogen-bond donors (Lipinski definition) is 0. The SMILES string of the molecule is CC(=O)c1cccc(-c2ccc(Cl)cc2Oc2ccccc2C)c1. The molecule has 0 saturated carbocycles. The Morgan fingerprint density at radius 3 is 2.46 bits per heavy atom. The second-order valence-corrected chi connectivity index (χ2v) is 6.08. The molecule has 3 rings (SSSR count). The summed E-state index contributed by atoms with van der Waals surface area (Å²) < 4.78 is 6.11. The average molecular weight is 337 g/mol. The van der Waals surface area contributed by atoms with Crippen LogP contribution >= 0.6 is 11.6 Å². The van der Waals surface area contributed by atoms with E-state index in [2.05, 4.69) is 0 Å². The quantitative estimate of drug-likeness (QED) is 0.522. The van der Waals surface area contributed by atoms with Crippen molar-refractivity contribution in [2.45, 2.75) is 13.8 Å². The van der Waals surface area contributed by atoms with Gasteiger partial charge in [0.15, 0.2) is 5.78 Å². The van der Waals surface area contributed by atoms with Crippen molar-refractivity contribution in [1.82, 2.24) is 0 Å². The van der Waals surface area contributed by atoms with Crippen molar-refractivity contribution in [3.63, 3.8) is 0 Å². The van der Waals surface area contributed by atoms with Gasteiger partial charge >= 0.3 is 0 Å². The Hall–Kier alpha value is -2.58. The highest BCUT2D eigenvalue weighted by Crippen LogP contribution is 2.36. The summed E-state index contributed by atoms with van der Waals surface area (Å²) in [5, 5.41) is 0.602. The van der Waals surface area contributed by atoms with E-state index < -0.39 is 0 Å². The number of Topliss-reactive ketones (excluding diaryl/α,β-unsaturated/α-hetero) is 1. The zero-order chi connectivity index (χ0) is 17.1. The smallest absolute Gasteiger partial charge is 0.159 e. The molecule has 0 bridgehead atoms. The van der Waals surface area contributed by atoms with Crippen LogP contribution in [-0.4, -0.2) is 5.78 Å². The van der Waals surface area contributed by atoms with Crippen LogP contribution in [-0.2, 0) is 0 Å². The Balaban J connectivity index is 2.08. The molecule has 0 unspecified atom stereocenters. The first-order valence-corrected chi connectivity index (χ1v) is 8.07. The van der Waals surface area contributed by atoms with Crippen molar-refractivity contribution in [3.8, 4) is 22.6 Å². The molecule has 0 aliphatic rings. The van der Waals surface area contributed by atoms with E-state index in [9.17, 15) is 4.79 Å². The van der Waals surface area contributed by atoms with E-state index in [0.717, 1.165) is 22.4 Å². The van der Waals surface area contributed by atoms with Crippen LogP contribution in [0.4, 0.5) is 0 Å². The lowest BCUT2D eigenvalue weighted by molar-refractivity contribution is 0.101. The van der Waals surface area contributed by atoms with Crippen LogP contribution in [0, 0.1) is 6.92 Å². The molecule has 24 heavy (non-hydrogen) atoms. The summed E-state index contributed by atoms with van der Waals surface area (Å²) in [4.78, 5) is 11.7. The van der Waals surface area contributed by atoms with Gasteiger partial charge in [-0.3, -0.25) is 4.79 Å². The molecule has 0 aromatic heterocycles. The van der Waals surface area contributed by atoms with E-state index in [0.29, 0.717) is 16.3 Å². The molecule has 3 aromatic rings. The van der Waals surface area contributed by atoms with E-state index in [-0.39, 0.29) is 5.78 Å². The Morgan fingerprint density at radius 1 is 0.917 bits per heavy atom. The van der Waals surface area contributed by atoms with Gasteiger partial charge in [0.25, 0.3) is 0 Å². The minimum absolute atomic E-state index is 0.0344. The molecule has 3 aromatic carbocycles. The molecule has 0 heterocycles. The highest BCUT2D eigenvalue weighted by Gasteiger charge is 2.11. The molecule has 0 spiro atoms. The predicted molar refractivity (Wildman–Crippen MR) is 98.1 cm³/mol. The summed E-state index contributed by atoms with van der Waals surface area (Å²) in [7, 11) is 0. The molecular formula is C21H17ClO2. The second-order valence-electron chi connectivity index (χ2n) is 5.65. The number of ketones is 1. The Labute approximate surface area is 146 Å². The van der Waals surface area contributed by atoms with Crippen LogP contribution in [0.1, 0.15) is 22.8 Å². The highest BCUT2D eigenvalue weighted by atomic mass is 35.5. The topological polar surface area (TPSA) is 26.3 Å². The zero-order valence-corrected chi connectivity index (χ0v) is 14.3. The van der Waals surface area contributed by atoms with Gasteiger partial charge in [-0.15, -0.1) is 0 Å². The molecular weight excluding hydrogens is 320 g/mol. The third-order valence-electron chi connectivity index (χ3n) is 3.84. The molecule has 0 N–H and O–H groups in total. The van der Waals surface area contributed by atoms with Gasteiger partial charge in [-0.2, -0.15) is 0 Å². The van der Waals surface area contributed by atoms with Crippen molar-refractivity contribution >= 4 is 17.4 Å². The monoisotopic (exact) mass is 336 g/mol. The average Bonchev–Trinajstić information content (AvgIpc) is 2.57. The molecule has 120 valence electrons. The first kappa shape index (κ1) is 16.3. The van der Waals surface area contributed by atoms with E-state index >= 15 is 0 Å². The Morgan fingerprint density at radius 2 is 1.71 bits per heavy atom. The largest absolute Gasteiger partial charge is 0.456 e. The molecule has 0 atom stereocenters. The molecule has 0 saturated heterocycles. The van der Waals surface area contributed by atoms with Crippen LogP contribution in [0.15, 0.2) is 66.7 Å². The van der Waals surface area contributed by atoms with Crippen molar-refractivity contribution in [1.29, 1.82) is 0 Å². The van der Waals surface area contributed by atoms with E-state index in [4.69, 9.17) is 16.3 Å². The number of carbonyl (C=O) groups excluding carboxylic acids is 1. The van der Waals surface area contributed by atoms with Crippen LogP contribution in [0.25, 0.3) is 11.1 Å². The first-order chi connectivity index (χ1) is 11.5. The van der Waals surface area contributed by atoms with Crippen molar-refractivity contribution in [2.24, 2.45) is 0 Å². The van der Waals surface area contributed by atoms with Gasteiger partial charge < -0.3 is 4.74 Å². The highest BCUT2D eigenvalue weighted by molar-refractivity contribution is 6.30. The minimum Gasteiger partial charge on any atom is -0.456 e. The second kappa shape index (κ2) is 6.90. The van der Waals surface area contributed by atoms with E-state index in [1.54, 1.807) is 13.0 Å². The number of para-hydroxylation sites is 1. The van der Waals surface area contributed by atoms with Crippen LogP contribution in [0.3, 0.4) is 0 Å². The normalized spacial score (nSPS) is 10.5. The number of carbonyl (C=O) groups is 1. The van der Waals surface area contributed by atoms with Gasteiger partial charge in [-0.1, -0.05) is 48.0 Å². The number of benzene rings is 3. The number of ether oxygens (including phenoxy) is 1. The molecule has 2 nitrogen and oxygen atoms in total. The minimum atomic E-state index is 0.0344. The molecule has 0 radical (unpaired) electrons. The van der Waals surface area contributed by atoms with Gasteiger partial charge in [0.1, 0.15) is 11.5 Å². The summed E-state index contributed by atoms with van der Waals surface area (Å²) >= 11 is 6.16. The maximum absolute atomic E-state index is 11.7. The lowest BCUT2D eigenvalue weighted by atomic mass is 10.0. The van der Waals surface area contributed by atoms with Crippen molar-refractivity contribution in [3.05, 3.63) is 82.9 Å². The zero-order valence-electron chi connectivity index (χ0n) is 13.5. The summed E-state index contributed by atoms with van der Waals surface area (Å²) in [6, 6.07) is 20.9. The van der Waals surface area contributed by atoms with Crippen LogP contribution in [0.5, 0.6) is 11.5 Å². The fourth-order valence-electron chi connectivity index (χ4n) is 2.51. The van der Waals surface area contributed by atoms with Crippen LogP contribution < -0.4 is 4.74 Å². The van der Waals surface area contributed by atoms with Gasteiger partial charge in [0.2, 0.25) is 0 Å². The summed E-state index contributed by atoms with van der Waals surface area (Å²) in [6.07, 6.45) is 0. The van der Waals surface area contributed by atoms with Gasteiger partial charge in [-0.05, 0) is 49.2 Å². The maximum Gasteiger partial charge on any atom is 0.159 e. The lowest BCUT2D eigenvalue weighted by Gasteiger charge is -2.14. The predicted octanol–water partition coefficient (Wildman–Crippen LogP) is 6.31. The van der Waals surface area contributed by atoms with Crippen molar-refractivity contribution in [2.75, 3.05) is 0 Å². The third-order valence-corrected chi connectivity index (χ3v) is 4.07. The Kier molecular flexibility index (Phi) is 4.68. The maximum atomic E-state index is 11.7. The fraction of sp³-hybridized carbons (Fsp3) is 0.0952. The van der Waals surface area contributed by atoms with Crippen LogP contribution in [0.2, 0.25) is 5.02 Å². The summed E-state index contributed by atoms with van der Waals surface area (Å²) in [5.74, 6) is 1.48. The summed E-state index contributed by atoms with van der Waals surface area (Å²) in [6.45, 7) is 3.56. The number of rotatable bonds is 4. The van der Waals surface area contributed by atoms with E-state index in [1.165, 1.54) is 0 Å². The molecule has 0 amide bonds. The van der Waals surface area contributed by atoms with E-state index in [1.807, 2.05) is 67.6 Å². The number of aryl methyl sites for hydroxylation is 1. The van der Waals surface area contributed by atoms with Gasteiger partial charge in [-0.25, -0.2) is 0 Å². The fourth-order valence-corrected chi connectivity index (χ4v) is 2.68. The molecule has 0 aliphatic carbocycles. The van der Waals surface area contributed by atoms with Gasteiger partial charge in [0.05, 0.1) is 0 Å². The Bertz CT molecular complexity index is 900. The molecule has 3 heteroatoms. The molecule has 0 aliphatic heterocycles. The van der Waals surface area contributed by atoms with Gasteiger partial charge in [0, 0.05) is 22.2 Å². The van der Waals surface area contributed by atoms with Crippen molar-refractivity contribution < 1.29 is 9.53 Å². The number of halogens is 1. The lowest BCUT2D eigenvalue weighted by Crippen LogP contribution is -1.94. The standard InChI is InChI=1S/C21H17ClO2/c1-14-6-3-4-9-20(14)24-21-13-18(22)10-11-19(21)17-8-5-7-16(12-17)15(2)23/h3-13H,1-2H3. The third kappa shape index (κ3) is 3.50. The summed E-state index contributed by atoms with van der Waals surface area (Å²) in [5.41, 5.74) is 3.53.